The summed E-state index contributed by atoms with van der Waals surface area (Å²) in [5.74, 6) is 0. The van der Waals surface area contributed by atoms with Gasteiger partial charge in [0.2, 0.25) is 0 Å². The van der Waals surface area contributed by atoms with Crippen LogP contribution in [0.2, 0.25) is 0 Å². The Morgan fingerprint density at radius 3 is 2.50 bits per heavy atom. The second-order valence-corrected chi connectivity index (χ2v) is 5.34. The topological polar surface area (TPSA) is 0 Å². The maximum atomic E-state index is 2.38. The predicted molar refractivity (Wildman–Crippen MR) is 76.8 cm³/mol. The Bertz CT molecular complexity index is 566. The number of fused-ring (bicyclic) bond motifs is 1. The highest BCUT2D eigenvalue weighted by Crippen LogP contribution is 2.35. The first-order chi connectivity index (χ1) is 8.78. The van der Waals surface area contributed by atoms with Gasteiger partial charge in [-0.15, -0.1) is 0 Å². The summed E-state index contributed by atoms with van der Waals surface area (Å²) in [6.45, 7) is 2.34. The average molecular weight is 234 g/mol. The SMILES string of the molecule is CC1(Cc2ccccc2)C=CCc2ccccc21. The second-order valence-electron chi connectivity index (χ2n) is 5.34. The Morgan fingerprint density at radius 2 is 1.67 bits per heavy atom. The van der Waals surface area contributed by atoms with Crippen molar-refractivity contribution in [1.82, 2.24) is 0 Å². The van der Waals surface area contributed by atoms with Crippen LogP contribution in [0.1, 0.15) is 23.6 Å². The average Bonchev–Trinajstić information content (AvgIpc) is 2.40. The highest BCUT2D eigenvalue weighted by atomic mass is 14.3. The van der Waals surface area contributed by atoms with E-state index in [-0.39, 0.29) is 5.41 Å². The number of hydrogen-bond acceptors (Lipinski definition) is 0. The maximum absolute atomic E-state index is 2.38. The molecule has 0 saturated heterocycles. The fourth-order valence-electron chi connectivity index (χ4n) is 2.97. The summed E-state index contributed by atoms with van der Waals surface area (Å²) in [7, 11) is 0. The molecular weight excluding hydrogens is 216 g/mol. The van der Waals surface area contributed by atoms with Gasteiger partial charge < -0.3 is 0 Å². The Labute approximate surface area is 109 Å². The molecule has 90 valence electrons. The van der Waals surface area contributed by atoms with Crippen LogP contribution in [0, 0.1) is 0 Å². The highest BCUT2D eigenvalue weighted by molar-refractivity contribution is 5.43. The Hall–Kier alpha value is -1.82. The smallest absolute Gasteiger partial charge is 0.0147 e. The molecule has 0 nitrogen and oxygen atoms in total. The van der Waals surface area contributed by atoms with Crippen LogP contribution in [0.4, 0.5) is 0 Å². The van der Waals surface area contributed by atoms with E-state index in [1.165, 1.54) is 16.7 Å². The molecule has 1 aliphatic carbocycles. The Balaban J connectivity index is 1.99. The van der Waals surface area contributed by atoms with Gasteiger partial charge in [0.25, 0.3) is 0 Å². The molecule has 1 atom stereocenters. The molecule has 0 saturated carbocycles. The third-order valence-electron chi connectivity index (χ3n) is 3.87. The van der Waals surface area contributed by atoms with Crippen molar-refractivity contribution in [1.29, 1.82) is 0 Å². The zero-order chi connectivity index (χ0) is 12.4. The third-order valence-corrected chi connectivity index (χ3v) is 3.87. The second kappa shape index (κ2) is 4.45. The minimum absolute atomic E-state index is 0.135. The highest BCUT2D eigenvalue weighted by Gasteiger charge is 2.28. The summed E-state index contributed by atoms with van der Waals surface area (Å²) in [6.07, 6.45) is 6.83. The van der Waals surface area contributed by atoms with Gasteiger partial charge in [-0.1, -0.05) is 73.7 Å². The minimum atomic E-state index is 0.135. The van der Waals surface area contributed by atoms with Crippen LogP contribution in [0.3, 0.4) is 0 Å². The lowest BCUT2D eigenvalue weighted by molar-refractivity contribution is 0.575. The lowest BCUT2D eigenvalue weighted by Crippen LogP contribution is -2.26. The van der Waals surface area contributed by atoms with Crippen molar-refractivity contribution in [3.8, 4) is 0 Å². The van der Waals surface area contributed by atoms with E-state index in [1.54, 1.807) is 0 Å². The molecule has 0 radical (unpaired) electrons. The summed E-state index contributed by atoms with van der Waals surface area (Å²) in [6, 6.07) is 19.6. The first kappa shape index (κ1) is 11.3. The molecule has 0 N–H and O–H groups in total. The van der Waals surface area contributed by atoms with Gasteiger partial charge in [-0.3, -0.25) is 0 Å². The van der Waals surface area contributed by atoms with Crippen molar-refractivity contribution in [2.24, 2.45) is 0 Å². The molecule has 0 spiro atoms. The van der Waals surface area contributed by atoms with E-state index < -0.39 is 0 Å². The molecule has 0 aliphatic heterocycles. The van der Waals surface area contributed by atoms with Crippen molar-refractivity contribution >= 4 is 0 Å². The van der Waals surface area contributed by atoms with Crippen molar-refractivity contribution in [2.45, 2.75) is 25.2 Å². The first-order valence-electron chi connectivity index (χ1n) is 6.58. The molecule has 1 aliphatic rings. The van der Waals surface area contributed by atoms with Crippen molar-refractivity contribution in [3.63, 3.8) is 0 Å². The predicted octanol–water partition coefficient (Wildman–Crippen LogP) is 4.30. The molecule has 0 heteroatoms. The van der Waals surface area contributed by atoms with Gasteiger partial charge in [0.15, 0.2) is 0 Å². The van der Waals surface area contributed by atoms with Gasteiger partial charge in [0.05, 0.1) is 0 Å². The quantitative estimate of drug-likeness (QED) is 0.680. The molecule has 0 fully saturated rings. The van der Waals surface area contributed by atoms with Gasteiger partial charge in [-0.25, -0.2) is 0 Å². The zero-order valence-electron chi connectivity index (χ0n) is 10.8. The van der Waals surface area contributed by atoms with Gasteiger partial charge >= 0.3 is 0 Å². The molecule has 18 heavy (non-hydrogen) atoms. The van der Waals surface area contributed by atoms with E-state index in [2.05, 4.69) is 73.7 Å². The van der Waals surface area contributed by atoms with E-state index >= 15 is 0 Å². The van der Waals surface area contributed by atoms with Crippen molar-refractivity contribution in [3.05, 3.63) is 83.4 Å². The Morgan fingerprint density at radius 1 is 0.944 bits per heavy atom. The maximum Gasteiger partial charge on any atom is 0.0147 e. The molecule has 0 bridgehead atoms. The van der Waals surface area contributed by atoms with E-state index in [0.717, 1.165) is 12.8 Å². The fourth-order valence-corrected chi connectivity index (χ4v) is 2.97. The summed E-state index contributed by atoms with van der Waals surface area (Å²) >= 11 is 0. The molecule has 1 unspecified atom stereocenters. The monoisotopic (exact) mass is 234 g/mol. The summed E-state index contributed by atoms with van der Waals surface area (Å²) < 4.78 is 0. The number of rotatable bonds is 2. The standard InChI is InChI=1S/C18H18/c1-18(14-15-8-3-2-4-9-15)13-7-11-16-10-5-6-12-17(16)18/h2-10,12-13H,11,14H2,1H3. The van der Waals surface area contributed by atoms with E-state index in [4.69, 9.17) is 0 Å². The molecule has 2 aromatic rings. The van der Waals surface area contributed by atoms with Crippen LogP contribution >= 0.6 is 0 Å². The summed E-state index contributed by atoms with van der Waals surface area (Å²) in [5.41, 5.74) is 4.49. The van der Waals surface area contributed by atoms with Crippen LogP contribution in [0.25, 0.3) is 0 Å². The van der Waals surface area contributed by atoms with E-state index in [9.17, 15) is 0 Å². The lowest BCUT2D eigenvalue weighted by atomic mass is 9.72. The molecule has 2 aromatic carbocycles. The number of benzene rings is 2. The van der Waals surface area contributed by atoms with Crippen LogP contribution in [-0.2, 0) is 18.3 Å². The zero-order valence-corrected chi connectivity index (χ0v) is 10.8. The van der Waals surface area contributed by atoms with Crippen molar-refractivity contribution < 1.29 is 0 Å². The van der Waals surface area contributed by atoms with Gasteiger partial charge in [-0.2, -0.15) is 0 Å². The van der Waals surface area contributed by atoms with Crippen molar-refractivity contribution in [2.75, 3.05) is 0 Å². The van der Waals surface area contributed by atoms with Crippen LogP contribution in [-0.4, -0.2) is 0 Å². The molecule has 3 rings (SSSR count). The summed E-state index contributed by atoms with van der Waals surface area (Å²) in [4.78, 5) is 0. The van der Waals surface area contributed by atoms with E-state index in [0.29, 0.717) is 0 Å². The van der Waals surface area contributed by atoms with Gasteiger partial charge in [0.1, 0.15) is 0 Å². The van der Waals surface area contributed by atoms with Crippen LogP contribution in [0.5, 0.6) is 0 Å². The van der Waals surface area contributed by atoms with Gasteiger partial charge in [-0.05, 0) is 29.5 Å². The van der Waals surface area contributed by atoms with E-state index in [1.807, 2.05) is 0 Å². The number of allylic oxidation sites excluding steroid dienone is 2. The third kappa shape index (κ3) is 1.99. The Kier molecular flexibility index (Phi) is 2.79. The minimum Gasteiger partial charge on any atom is -0.0832 e. The molecular formula is C18H18. The van der Waals surface area contributed by atoms with Crippen LogP contribution in [0.15, 0.2) is 66.7 Å². The molecule has 0 aromatic heterocycles. The molecule has 0 heterocycles. The number of hydrogen-bond donors (Lipinski definition) is 0. The molecule has 0 amide bonds. The largest absolute Gasteiger partial charge is 0.0832 e. The fraction of sp³-hybridized carbons (Fsp3) is 0.222. The van der Waals surface area contributed by atoms with Crippen LogP contribution < -0.4 is 0 Å². The summed E-state index contributed by atoms with van der Waals surface area (Å²) in [5, 5.41) is 0. The lowest BCUT2D eigenvalue weighted by Gasteiger charge is -2.32. The normalized spacial score (nSPS) is 21.6. The first-order valence-corrected chi connectivity index (χ1v) is 6.58. The van der Waals surface area contributed by atoms with Gasteiger partial charge in [0, 0.05) is 5.41 Å².